The molecule has 4 nitrogen and oxygen atoms in total. The summed E-state index contributed by atoms with van der Waals surface area (Å²) in [5.41, 5.74) is 0.422. The number of likely N-dealkylation sites (tertiary alicyclic amines) is 1. The minimum Gasteiger partial charge on any atom is -0.444 e. The van der Waals surface area contributed by atoms with Crippen LogP contribution in [-0.2, 0) is 11.3 Å². The molecule has 1 aliphatic rings. The summed E-state index contributed by atoms with van der Waals surface area (Å²) in [6.07, 6.45) is -0.628. The highest BCUT2D eigenvalue weighted by Gasteiger charge is 2.37. The summed E-state index contributed by atoms with van der Waals surface area (Å²) in [4.78, 5) is 14.3. The first-order valence-electron chi connectivity index (χ1n) is 9.52. The molecule has 0 aromatic heterocycles. The number of carbonyl (C=O) groups excluding carboxylic acids is 1. The van der Waals surface area contributed by atoms with Gasteiger partial charge < -0.3 is 10.1 Å². The Morgan fingerprint density at radius 1 is 1.07 bits per heavy atom. The van der Waals surface area contributed by atoms with Crippen LogP contribution in [-0.4, -0.2) is 35.7 Å². The molecule has 1 aliphatic heterocycles. The molecule has 1 fully saturated rings. The maximum absolute atomic E-state index is 14.4. The molecule has 156 valence electrons. The molecule has 1 amide bonds. The van der Waals surface area contributed by atoms with E-state index in [-0.39, 0.29) is 5.56 Å². The zero-order valence-corrected chi connectivity index (χ0v) is 16.7. The number of hydrogen-bond acceptors (Lipinski definition) is 3. The van der Waals surface area contributed by atoms with Crippen molar-refractivity contribution in [1.82, 2.24) is 10.2 Å². The van der Waals surface area contributed by atoms with Gasteiger partial charge >= 0.3 is 6.09 Å². The number of benzene rings is 2. The second kappa shape index (κ2) is 8.45. The average molecular weight is 406 g/mol. The van der Waals surface area contributed by atoms with Gasteiger partial charge in [-0.3, -0.25) is 4.90 Å². The number of nitrogens with one attached hydrogen (secondary N) is 1. The number of alkyl carbamates (subject to hydrolysis) is 1. The molecule has 7 heteroatoms. The first kappa shape index (κ1) is 21.2. The predicted octanol–water partition coefficient (Wildman–Crippen LogP) is 4.60. The minimum atomic E-state index is -1.23. The van der Waals surface area contributed by atoms with Crippen LogP contribution in [0.1, 0.15) is 37.8 Å². The van der Waals surface area contributed by atoms with Crippen molar-refractivity contribution >= 4 is 6.09 Å². The predicted molar refractivity (Wildman–Crippen MR) is 104 cm³/mol. The first-order chi connectivity index (χ1) is 13.6. The molecule has 0 aliphatic carbocycles. The molecule has 1 N–H and O–H groups in total. The van der Waals surface area contributed by atoms with Gasteiger partial charge in [-0.2, -0.15) is 0 Å². The van der Waals surface area contributed by atoms with E-state index in [4.69, 9.17) is 4.74 Å². The maximum atomic E-state index is 14.4. The van der Waals surface area contributed by atoms with Crippen LogP contribution in [0.25, 0.3) is 0 Å². The molecule has 0 saturated carbocycles. The molecule has 0 unspecified atom stereocenters. The van der Waals surface area contributed by atoms with Gasteiger partial charge in [-0.05, 0) is 38.0 Å². The van der Waals surface area contributed by atoms with Crippen molar-refractivity contribution in [3.8, 4) is 0 Å². The smallest absolute Gasteiger partial charge is 0.407 e. The van der Waals surface area contributed by atoms with Crippen molar-refractivity contribution in [3.05, 3.63) is 71.0 Å². The molecule has 0 spiro atoms. The van der Waals surface area contributed by atoms with Crippen LogP contribution in [0, 0.1) is 17.5 Å². The van der Waals surface area contributed by atoms with Crippen LogP contribution in [0.2, 0.25) is 0 Å². The SMILES string of the molecule is CC(C)(C)OC(=O)N[C@H]1CN(Cc2ccccc2)C[C@@H]1c1cc(F)c(F)cc1F. The summed E-state index contributed by atoms with van der Waals surface area (Å²) in [6, 6.07) is 10.6. The number of amides is 1. The van der Waals surface area contributed by atoms with Crippen molar-refractivity contribution in [2.45, 2.75) is 44.9 Å². The van der Waals surface area contributed by atoms with Crippen LogP contribution in [0.15, 0.2) is 42.5 Å². The van der Waals surface area contributed by atoms with Gasteiger partial charge in [0, 0.05) is 31.6 Å². The van der Waals surface area contributed by atoms with E-state index in [9.17, 15) is 18.0 Å². The summed E-state index contributed by atoms with van der Waals surface area (Å²) in [7, 11) is 0. The van der Waals surface area contributed by atoms with E-state index in [1.54, 1.807) is 20.8 Å². The molecule has 3 rings (SSSR count). The van der Waals surface area contributed by atoms with Crippen LogP contribution in [0.5, 0.6) is 0 Å². The third-order valence-electron chi connectivity index (χ3n) is 4.79. The van der Waals surface area contributed by atoms with Gasteiger partial charge in [-0.15, -0.1) is 0 Å². The molecule has 2 aromatic rings. The lowest BCUT2D eigenvalue weighted by Crippen LogP contribution is -2.42. The third kappa shape index (κ3) is 5.50. The van der Waals surface area contributed by atoms with Crippen molar-refractivity contribution in [2.24, 2.45) is 0 Å². The lowest BCUT2D eigenvalue weighted by atomic mass is 9.93. The summed E-state index contributed by atoms with van der Waals surface area (Å²) in [5, 5.41) is 2.78. The molecule has 1 saturated heterocycles. The molecular formula is C22H25F3N2O2. The minimum absolute atomic E-state index is 0.0421. The van der Waals surface area contributed by atoms with E-state index in [2.05, 4.69) is 5.32 Å². The molecule has 1 heterocycles. The second-order valence-electron chi connectivity index (χ2n) is 8.33. The van der Waals surface area contributed by atoms with E-state index in [1.165, 1.54) is 0 Å². The van der Waals surface area contributed by atoms with Crippen molar-refractivity contribution < 1.29 is 22.7 Å². The molecule has 0 radical (unpaired) electrons. The van der Waals surface area contributed by atoms with E-state index in [0.29, 0.717) is 25.7 Å². The van der Waals surface area contributed by atoms with Gasteiger partial charge in [-0.25, -0.2) is 18.0 Å². The first-order valence-corrected chi connectivity index (χ1v) is 9.52. The number of nitrogens with zero attached hydrogens (tertiary/aromatic N) is 1. The highest BCUT2D eigenvalue weighted by atomic mass is 19.2. The van der Waals surface area contributed by atoms with Gasteiger partial charge in [-0.1, -0.05) is 30.3 Å². The maximum Gasteiger partial charge on any atom is 0.407 e. The Morgan fingerprint density at radius 2 is 1.72 bits per heavy atom. The fourth-order valence-electron chi connectivity index (χ4n) is 3.60. The van der Waals surface area contributed by atoms with Gasteiger partial charge in [0.25, 0.3) is 0 Å². The van der Waals surface area contributed by atoms with Crippen molar-refractivity contribution in [1.29, 1.82) is 0 Å². The topological polar surface area (TPSA) is 41.6 Å². The number of ether oxygens (including phenoxy) is 1. The Hall–Kier alpha value is -2.54. The van der Waals surface area contributed by atoms with E-state index >= 15 is 0 Å². The average Bonchev–Trinajstić information content (AvgIpc) is 2.99. The van der Waals surface area contributed by atoms with Crippen LogP contribution >= 0.6 is 0 Å². The van der Waals surface area contributed by atoms with Gasteiger partial charge in [0.15, 0.2) is 11.6 Å². The Balaban J connectivity index is 1.83. The molecule has 2 aromatic carbocycles. The zero-order chi connectivity index (χ0) is 21.2. The van der Waals surface area contributed by atoms with Crippen molar-refractivity contribution in [2.75, 3.05) is 13.1 Å². The van der Waals surface area contributed by atoms with Gasteiger partial charge in [0.1, 0.15) is 11.4 Å². The number of hydrogen-bond donors (Lipinski definition) is 1. The van der Waals surface area contributed by atoms with E-state index in [0.717, 1.165) is 11.6 Å². The van der Waals surface area contributed by atoms with E-state index < -0.39 is 41.1 Å². The monoisotopic (exact) mass is 406 g/mol. The molecular weight excluding hydrogens is 381 g/mol. The molecule has 0 bridgehead atoms. The Morgan fingerprint density at radius 3 is 2.38 bits per heavy atom. The summed E-state index contributed by atoms with van der Waals surface area (Å²) < 4.78 is 47.0. The zero-order valence-electron chi connectivity index (χ0n) is 16.7. The second-order valence-corrected chi connectivity index (χ2v) is 8.33. The fourth-order valence-corrected chi connectivity index (χ4v) is 3.60. The van der Waals surface area contributed by atoms with Gasteiger partial charge in [0.2, 0.25) is 0 Å². The Bertz CT molecular complexity index is 868. The lowest BCUT2D eigenvalue weighted by molar-refractivity contribution is 0.0502. The van der Waals surface area contributed by atoms with E-state index in [1.807, 2.05) is 35.2 Å². The Kier molecular flexibility index (Phi) is 6.17. The number of halogens is 3. The third-order valence-corrected chi connectivity index (χ3v) is 4.79. The number of carbonyl (C=O) groups is 1. The standard InChI is InChI=1S/C22H25F3N2O2/c1-22(2,3)29-21(28)26-20-13-27(11-14-7-5-4-6-8-14)12-16(20)15-9-18(24)19(25)10-17(15)23/h4-10,16,20H,11-13H2,1-3H3,(H,26,28)/t16-,20+/m1/s1. The molecule has 2 atom stereocenters. The number of rotatable bonds is 4. The highest BCUT2D eigenvalue weighted by Crippen LogP contribution is 2.32. The van der Waals surface area contributed by atoms with Crippen LogP contribution < -0.4 is 5.32 Å². The van der Waals surface area contributed by atoms with Crippen LogP contribution in [0.3, 0.4) is 0 Å². The molecule has 29 heavy (non-hydrogen) atoms. The summed E-state index contributed by atoms with van der Waals surface area (Å²) >= 11 is 0. The highest BCUT2D eigenvalue weighted by molar-refractivity contribution is 5.68. The largest absolute Gasteiger partial charge is 0.444 e. The summed E-state index contributed by atoms with van der Waals surface area (Å²) in [6.45, 7) is 6.64. The Labute approximate surface area is 168 Å². The lowest BCUT2D eigenvalue weighted by Gasteiger charge is -2.24. The fraction of sp³-hybridized carbons (Fsp3) is 0.409. The quantitative estimate of drug-likeness (QED) is 0.755. The summed E-state index contributed by atoms with van der Waals surface area (Å²) in [5.74, 6) is -3.71. The van der Waals surface area contributed by atoms with Crippen LogP contribution in [0.4, 0.5) is 18.0 Å². The van der Waals surface area contributed by atoms with Crippen molar-refractivity contribution in [3.63, 3.8) is 0 Å². The normalized spacial score (nSPS) is 19.9. The van der Waals surface area contributed by atoms with Gasteiger partial charge in [0.05, 0.1) is 6.04 Å².